The van der Waals surface area contributed by atoms with E-state index in [1.165, 1.54) is 12.1 Å². The van der Waals surface area contributed by atoms with Gasteiger partial charge in [-0.2, -0.15) is 8.42 Å². The van der Waals surface area contributed by atoms with Gasteiger partial charge in [0.1, 0.15) is 4.90 Å². The highest BCUT2D eigenvalue weighted by atomic mass is 32.3. The molecule has 0 saturated carbocycles. The summed E-state index contributed by atoms with van der Waals surface area (Å²) in [7, 11) is -4.88. The summed E-state index contributed by atoms with van der Waals surface area (Å²) in [5.41, 5.74) is 0.0267. The minimum atomic E-state index is -4.88. The van der Waals surface area contributed by atoms with Gasteiger partial charge in [-0.05, 0) is 6.07 Å². The SMILES string of the molecule is O=[N+]([O-])c1ccc2[nH]cc(S(=O)(=O)F)c2c1. The molecule has 1 heterocycles. The molecule has 2 rings (SSSR count). The molecule has 0 radical (unpaired) electrons. The lowest BCUT2D eigenvalue weighted by Gasteiger charge is -1.93. The molecule has 0 atom stereocenters. The minimum absolute atomic E-state index is 0.0308. The van der Waals surface area contributed by atoms with Crippen molar-refractivity contribution in [1.82, 2.24) is 4.98 Å². The molecule has 84 valence electrons. The maximum absolute atomic E-state index is 12.8. The third kappa shape index (κ3) is 1.63. The van der Waals surface area contributed by atoms with Crippen LogP contribution in [0.15, 0.2) is 29.3 Å². The van der Waals surface area contributed by atoms with Crippen LogP contribution in [0.4, 0.5) is 9.57 Å². The van der Waals surface area contributed by atoms with Crippen LogP contribution in [0, 0.1) is 10.1 Å². The van der Waals surface area contributed by atoms with Crippen LogP contribution in [-0.4, -0.2) is 18.3 Å². The van der Waals surface area contributed by atoms with Crippen molar-refractivity contribution in [2.24, 2.45) is 0 Å². The van der Waals surface area contributed by atoms with Gasteiger partial charge in [-0.1, -0.05) is 0 Å². The van der Waals surface area contributed by atoms with Crippen molar-refractivity contribution in [2.45, 2.75) is 4.90 Å². The zero-order chi connectivity index (χ0) is 11.9. The summed E-state index contributed by atoms with van der Waals surface area (Å²) < 4.78 is 34.3. The number of hydrogen-bond acceptors (Lipinski definition) is 4. The third-order valence-corrected chi connectivity index (χ3v) is 2.96. The fraction of sp³-hybridized carbons (Fsp3) is 0. The quantitative estimate of drug-likeness (QED) is 0.494. The zero-order valence-corrected chi connectivity index (χ0v) is 8.49. The van der Waals surface area contributed by atoms with E-state index < -0.39 is 20.0 Å². The smallest absolute Gasteiger partial charge is 0.334 e. The first-order valence-corrected chi connectivity index (χ1v) is 5.48. The molecule has 1 aromatic carbocycles. The molecule has 0 saturated heterocycles. The number of H-pyrrole nitrogens is 1. The van der Waals surface area contributed by atoms with Gasteiger partial charge < -0.3 is 4.98 Å². The lowest BCUT2D eigenvalue weighted by molar-refractivity contribution is -0.384. The number of nitro benzene ring substituents is 1. The van der Waals surface area contributed by atoms with Crippen LogP contribution in [-0.2, 0) is 10.2 Å². The average Bonchev–Trinajstić information content (AvgIpc) is 2.58. The molecule has 2 aromatic rings. The Bertz CT molecular complexity index is 676. The molecule has 1 N–H and O–H groups in total. The first-order valence-electron chi connectivity index (χ1n) is 4.10. The number of halogens is 1. The number of non-ortho nitro benzene ring substituents is 1. The number of nitrogens with zero attached hydrogens (tertiary/aromatic N) is 1. The first-order chi connectivity index (χ1) is 7.39. The molecule has 0 aliphatic carbocycles. The largest absolute Gasteiger partial charge is 0.360 e. The second-order valence-corrected chi connectivity index (χ2v) is 4.39. The van der Waals surface area contributed by atoms with Crippen molar-refractivity contribution < 1.29 is 17.2 Å². The van der Waals surface area contributed by atoms with E-state index in [-0.39, 0.29) is 11.1 Å². The molecule has 1 aromatic heterocycles. The molecule has 0 fully saturated rings. The highest BCUT2D eigenvalue weighted by molar-refractivity contribution is 7.86. The Morgan fingerprint density at radius 3 is 2.62 bits per heavy atom. The number of aromatic nitrogens is 1. The number of hydrogen-bond donors (Lipinski definition) is 1. The van der Waals surface area contributed by atoms with Gasteiger partial charge in [-0.25, -0.2) is 0 Å². The normalized spacial score (nSPS) is 11.8. The second-order valence-electron chi connectivity index (χ2n) is 3.08. The van der Waals surface area contributed by atoms with Crippen LogP contribution in [0.5, 0.6) is 0 Å². The Hall–Kier alpha value is -1.96. The number of fused-ring (bicyclic) bond motifs is 1. The Labute approximate surface area is 89.1 Å². The highest BCUT2D eigenvalue weighted by Gasteiger charge is 2.19. The first kappa shape index (κ1) is 10.6. The van der Waals surface area contributed by atoms with Crippen LogP contribution in [0.25, 0.3) is 10.9 Å². The Morgan fingerprint density at radius 1 is 1.38 bits per heavy atom. The predicted octanol–water partition coefficient (Wildman–Crippen LogP) is 1.73. The summed E-state index contributed by atoms with van der Waals surface area (Å²) in [5.74, 6) is 0. The van der Waals surface area contributed by atoms with Crippen molar-refractivity contribution in [3.8, 4) is 0 Å². The molecule has 0 aliphatic rings. The summed E-state index contributed by atoms with van der Waals surface area (Å²) in [4.78, 5) is 11.7. The molecule has 0 spiro atoms. The fourth-order valence-electron chi connectivity index (χ4n) is 1.40. The van der Waals surface area contributed by atoms with E-state index in [4.69, 9.17) is 0 Å². The number of nitro groups is 1. The Balaban J connectivity index is 2.80. The van der Waals surface area contributed by atoms with E-state index in [2.05, 4.69) is 4.98 Å². The van der Waals surface area contributed by atoms with Crippen molar-refractivity contribution >= 4 is 26.8 Å². The van der Waals surface area contributed by atoms with E-state index in [1.54, 1.807) is 0 Å². The number of aromatic amines is 1. The van der Waals surface area contributed by atoms with E-state index in [9.17, 15) is 22.4 Å². The standard InChI is InChI=1S/C8H5FN2O4S/c9-16(14,15)8-4-10-7-2-1-5(11(12)13)3-6(7)8/h1-4,10H. The van der Waals surface area contributed by atoms with E-state index in [0.29, 0.717) is 5.52 Å². The van der Waals surface area contributed by atoms with Gasteiger partial charge in [0.05, 0.1) is 4.92 Å². The van der Waals surface area contributed by atoms with Crippen molar-refractivity contribution in [3.05, 3.63) is 34.5 Å². The van der Waals surface area contributed by atoms with Crippen LogP contribution in [0.1, 0.15) is 0 Å². The molecule has 0 amide bonds. The monoisotopic (exact) mass is 244 g/mol. The lowest BCUT2D eigenvalue weighted by Crippen LogP contribution is -1.91. The van der Waals surface area contributed by atoms with Crippen LogP contribution >= 0.6 is 0 Å². The summed E-state index contributed by atoms with van der Waals surface area (Å²) >= 11 is 0. The van der Waals surface area contributed by atoms with Crippen LogP contribution in [0.3, 0.4) is 0 Å². The summed E-state index contributed by atoms with van der Waals surface area (Å²) in [6, 6.07) is 3.54. The maximum atomic E-state index is 12.8. The zero-order valence-electron chi connectivity index (χ0n) is 7.68. The van der Waals surface area contributed by atoms with Gasteiger partial charge in [0.15, 0.2) is 0 Å². The second kappa shape index (κ2) is 3.27. The van der Waals surface area contributed by atoms with Gasteiger partial charge in [-0.3, -0.25) is 10.1 Å². The summed E-state index contributed by atoms with van der Waals surface area (Å²) in [6.45, 7) is 0. The number of rotatable bonds is 2. The minimum Gasteiger partial charge on any atom is -0.360 e. The molecule has 16 heavy (non-hydrogen) atoms. The van der Waals surface area contributed by atoms with Crippen LogP contribution in [0.2, 0.25) is 0 Å². The summed E-state index contributed by atoms with van der Waals surface area (Å²) in [6.07, 6.45) is 0.962. The average molecular weight is 244 g/mol. The highest BCUT2D eigenvalue weighted by Crippen LogP contribution is 2.27. The maximum Gasteiger partial charge on any atom is 0.334 e. The Morgan fingerprint density at radius 2 is 2.06 bits per heavy atom. The molecule has 0 bridgehead atoms. The van der Waals surface area contributed by atoms with Crippen molar-refractivity contribution in [1.29, 1.82) is 0 Å². The molecule has 0 aliphatic heterocycles. The molecular weight excluding hydrogens is 239 g/mol. The molecule has 8 heteroatoms. The topological polar surface area (TPSA) is 93.1 Å². The number of nitrogens with one attached hydrogen (secondary N) is 1. The van der Waals surface area contributed by atoms with E-state index in [0.717, 1.165) is 12.3 Å². The summed E-state index contributed by atoms with van der Waals surface area (Å²) in [5, 5.41) is 10.4. The van der Waals surface area contributed by atoms with Gasteiger partial charge >= 0.3 is 10.2 Å². The predicted molar refractivity (Wildman–Crippen MR) is 53.2 cm³/mol. The molecule has 0 unspecified atom stereocenters. The lowest BCUT2D eigenvalue weighted by atomic mass is 10.2. The van der Waals surface area contributed by atoms with Gasteiger partial charge in [-0.15, -0.1) is 3.89 Å². The van der Waals surface area contributed by atoms with Gasteiger partial charge in [0.25, 0.3) is 5.69 Å². The van der Waals surface area contributed by atoms with Crippen molar-refractivity contribution in [3.63, 3.8) is 0 Å². The third-order valence-electron chi connectivity index (χ3n) is 2.10. The molecular formula is C8H5FN2O4S. The van der Waals surface area contributed by atoms with Crippen molar-refractivity contribution in [2.75, 3.05) is 0 Å². The number of benzene rings is 1. The van der Waals surface area contributed by atoms with E-state index >= 15 is 0 Å². The van der Waals surface area contributed by atoms with Gasteiger partial charge in [0, 0.05) is 29.2 Å². The Kier molecular flexibility index (Phi) is 2.16. The van der Waals surface area contributed by atoms with E-state index in [1.807, 2.05) is 0 Å². The fourth-order valence-corrected chi connectivity index (χ4v) is 2.03. The van der Waals surface area contributed by atoms with Gasteiger partial charge in [0.2, 0.25) is 0 Å². The molecule has 6 nitrogen and oxygen atoms in total. The van der Waals surface area contributed by atoms with Crippen LogP contribution < -0.4 is 0 Å².